The first-order valence-electron chi connectivity index (χ1n) is 5.18. The van der Waals surface area contributed by atoms with E-state index in [9.17, 15) is 0 Å². The number of anilines is 1. The third-order valence-corrected chi connectivity index (χ3v) is 4.50. The Kier molecular flexibility index (Phi) is 3.98. The van der Waals surface area contributed by atoms with Gasteiger partial charge in [-0.3, -0.25) is 5.43 Å². The van der Waals surface area contributed by atoms with Gasteiger partial charge < -0.3 is 0 Å². The van der Waals surface area contributed by atoms with Crippen LogP contribution in [0.1, 0.15) is 16.1 Å². The van der Waals surface area contributed by atoms with Crippen LogP contribution in [0.4, 0.5) is 5.13 Å². The van der Waals surface area contributed by atoms with Crippen molar-refractivity contribution in [3.05, 3.63) is 34.3 Å². The number of rotatable bonds is 4. The maximum atomic E-state index is 5.26. The van der Waals surface area contributed by atoms with E-state index in [0.29, 0.717) is 5.13 Å². The summed E-state index contributed by atoms with van der Waals surface area (Å²) in [5, 5.41) is 9.59. The van der Waals surface area contributed by atoms with Gasteiger partial charge >= 0.3 is 0 Å². The van der Waals surface area contributed by atoms with Gasteiger partial charge in [0.2, 0.25) is 5.13 Å². The number of hydrogen-bond donors (Lipinski definition) is 2. The molecule has 0 aliphatic carbocycles. The first-order valence-corrected chi connectivity index (χ1v) is 6.98. The second-order valence-electron chi connectivity index (χ2n) is 3.70. The minimum Gasteiger partial charge on any atom is -0.298 e. The SMILES string of the molecule is Cc1ccc(SCc2nnc(NN)s2)c(C)c1. The molecule has 90 valence electrons. The van der Waals surface area contributed by atoms with Crippen LogP contribution in [0.25, 0.3) is 0 Å². The second kappa shape index (κ2) is 5.48. The Hall–Kier alpha value is -1.11. The summed E-state index contributed by atoms with van der Waals surface area (Å²) in [7, 11) is 0. The van der Waals surface area contributed by atoms with Crippen LogP contribution < -0.4 is 11.3 Å². The van der Waals surface area contributed by atoms with Crippen LogP contribution in [0.2, 0.25) is 0 Å². The van der Waals surface area contributed by atoms with Gasteiger partial charge in [0.05, 0.1) is 5.75 Å². The van der Waals surface area contributed by atoms with E-state index in [2.05, 4.69) is 47.7 Å². The van der Waals surface area contributed by atoms with E-state index in [0.717, 1.165) is 10.8 Å². The van der Waals surface area contributed by atoms with Gasteiger partial charge in [0.15, 0.2) is 0 Å². The summed E-state index contributed by atoms with van der Waals surface area (Å²) < 4.78 is 0. The lowest BCUT2D eigenvalue weighted by Crippen LogP contribution is -2.05. The number of nitrogen functional groups attached to an aromatic ring is 1. The summed E-state index contributed by atoms with van der Waals surface area (Å²) >= 11 is 3.25. The first kappa shape index (κ1) is 12.3. The van der Waals surface area contributed by atoms with Crippen LogP contribution in [0.3, 0.4) is 0 Å². The molecular weight excluding hydrogens is 252 g/mol. The van der Waals surface area contributed by atoms with Crippen molar-refractivity contribution in [3.8, 4) is 0 Å². The van der Waals surface area contributed by atoms with Gasteiger partial charge in [-0.1, -0.05) is 29.0 Å². The van der Waals surface area contributed by atoms with Crippen molar-refractivity contribution in [1.82, 2.24) is 10.2 Å². The molecule has 0 unspecified atom stereocenters. The van der Waals surface area contributed by atoms with Gasteiger partial charge in [-0.05, 0) is 25.5 Å². The van der Waals surface area contributed by atoms with Gasteiger partial charge in [-0.25, -0.2) is 5.84 Å². The number of nitrogens with one attached hydrogen (secondary N) is 1. The molecule has 1 aromatic heterocycles. The van der Waals surface area contributed by atoms with Gasteiger partial charge in [0, 0.05) is 4.90 Å². The standard InChI is InChI=1S/C11H14N4S2/c1-7-3-4-9(8(2)5-7)16-6-10-14-15-11(13-12)17-10/h3-5H,6,12H2,1-2H3,(H,13,15). The fraction of sp³-hybridized carbons (Fsp3) is 0.273. The molecule has 0 saturated heterocycles. The lowest BCUT2D eigenvalue weighted by Gasteiger charge is -2.04. The molecule has 1 heterocycles. The van der Waals surface area contributed by atoms with Crippen LogP contribution in [0, 0.1) is 13.8 Å². The molecule has 0 radical (unpaired) electrons. The molecule has 0 aliphatic heterocycles. The molecule has 0 spiro atoms. The van der Waals surface area contributed by atoms with Crippen LogP contribution in [-0.2, 0) is 5.75 Å². The maximum Gasteiger partial charge on any atom is 0.219 e. The zero-order chi connectivity index (χ0) is 12.3. The fourth-order valence-electron chi connectivity index (χ4n) is 1.47. The predicted molar refractivity (Wildman–Crippen MR) is 73.2 cm³/mol. The summed E-state index contributed by atoms with van der Waals surface area (Å²) in [5.41, 5.74) is 5.09. The van der Waals surface area contributed by atoms with E-state index in [4.69, 9.17) is 5.84 Å². The molecule has 2 aromatic rings. The molecule has 6 heteroatoms. The molecule has 3 N–H and O–H groups in total. The lowest BCUT2D eigenvalue weighted by molar-refractivity contribution is 1.03. The van der Waals surface area contributed by atoms with Gasteiger partial charge in [-0.2, -0.15) is 0 Å². The minimum atomic E-state index is 0.654. The van der Waals surface area contributed by atoms with Crippen molar-refractivity contribution in [2.75, 3.05) is 5.43 Å². The van der Waals surface area contributed by atoms with Crippen LogP contribution in [0.5, 0.6) is 0 Å². The zero-order valence-corrected chi connectivity index (χ0v) is 11.4. The van der Waals surface area contributed by atoms with Gasteiger partial charge in [0.1, 0.15) is 5.01 Å². The minimum absolute atomic E-state index is 0.654. The van der Waals surface area contributed by atoms with E-state index in [1.807, 2.05) is 0 Å². The number of thioether (sulfide) groups is 1. The average molecular weight is 266 g/mol. The number of hydrazine groups is 1. The largest absolute Gasteiger partial charge is 0.298 e. The number of aryl methyl sites for hydroxylation is 2. The van der Waals surface area contributed by atoms with E-state index in [-0.39, 0.29) is 0 Å². The van der Waals surface area contributed by atoms with Crippen molar-refractivity contribution >= 4 is 28.2 Å². The quantitative estimate of drug-likeness (QED) is 0.506. The monoisotopic (exact) mass is 266 g/mol. The highest BCUT2D eigenvalue weighted by atomic mass is 32.2. The molecule has 17 heavy (non-hydrogen) atoms. The Balaban J connectivity index is 2.02. The molecule has 0 atom stereocenters. The first-order chi connectivity index (χ1) is 8.19. The molecular formula is C11H14N4S2. The third kappa shape index (κ3) is 3.18. The highest BCUT2D eigenvalue weighted by Crippen LogP contribution is 2.28. The summed E-state index contributed by atoms with van der Waals surface area (Å²) in [6, 6.07) is 6.47. The molecule has 2 rings (SSSR count). The Labute approximate surface area is 109 Å². The molecule has 0 aliphatic rings. The third-order valence-electron chi connectivity index (χ3n) is 2.27. The van der Waals surface area contributed by atoms with Crippen LogP contribution in [0.15, 0.2) is 23.1 Å². The van der Waals surface area contributed by atoms with Gasteiger partial charge in [-0.15, -0.1) is 22.0 Å². The number of hydrogen-bond acceptors (Lipinski definition) is 6. The van der Waals surface area contributed by atoms with Crippen molar-refractivity contribution in [3.63, 3.8) is 0 Å². The average Bonchev–Trinajstić information content (AvgIpc) is 2.76. The topological polar surface area (TPSA) is 63.8 Å². The molecule has 1 aromatic carbocycles. The van der Waals surface area contributed by atoms with Crippen molar-refractivity contribution in [2.24, 2.45) is 5.84 Å². The smallest absolute Gasteiger partial charge is 0.219 e. The predicted octanol–water partition coefficient (Wildman–Crippen LogP) is 2.73. The Morgan fingerprint density at radius 2 is 2.18 bits per heavy atom. The number of benzene rings is 1. The Bertz CT molecular complexity index is 510. The summed E-state index contributed by atoms with van der Waals surface area (Å²) in [5.74, 6) is 6.08. The zero-order valence-electron chi connectivity index (χ0n) is 9.73. The van der Waals surface area contributed by atoms with E-state index < -0.39 is 0 Å². The molecule has 0 bridgehead atoms. The van der Waals surface area contributed by atoms with Crippen LogP contribution in [-0.4, -0.2) is 10.2 Å². The number of aromatic nitrogens is 2. The molecule has 4 nitrogen and oxygen atoms in total. The lowest BCUT2D eigenvalue weighted by atomic mass is 10.2. The van der Waals surface area contributed by atoms with Gasteiger partial charge in [0.25, 0.3) is 0 Å². The van der Waals surface area contributed by atoms with Crippen LogP contribution >= 0.6 is 23.1 Å². The normalized spacial score (nSPS) is 10.5. The Morgan fingerprint density at radius 3 is 2.82 bits per heavy atom. The molecule has 0 amide bonds. The maximum absolute atomic E-state index is 5.26. The summed E-state index contributed by atoms with van der Waals surface area (Å²) in [6.07, 6.45) is 0. The van der Waals surface area contributed by atoms with E-state index >= 15 is 0 Å². The molecule has 0 fully saturated rings. The Morgan fingerprint density at radius 1 is 1.35 bits per heavy atom. The van der Waals surface area contributed by atoms with Crippen molar-refractivity contribution < 1.29 is 0 Å². The summed E-state index contributed by atoms with van der Waals surface area (Å²) in [4.78, 5) is 1.29. The summed E-state index contributed by atoms with van der Waals surface area (Å²) in [6.45, 7) is 4.23. The number of nitrogens with two attached hydrogens (primary N) is 1. The highest BCUT2D eigenvalue weighted by Gasteiger charge is 2.05. The highest BCUT2D eigenvalue weighted by molar-refractivity contribution is 7.98. The molecule has 0 saturated carbocycles. The fourth-order valence-corrected chi connectivity index (χ4v) is 3.12. The van der Waals surface area contributed by atoms with E-state index in [1.165, 1.54) is 27.4 Å². The van der Waals surface area contributed by atoms with E-state index in [1.54, 1.807) is 11.8 Å². The number of nitrogens with zero attached hydrogens (tertiary/aromatic N) is 2. The van der Waals surface area contributed by atoms with Crippen molar-refractivity contribution in [2.45, 2.75) is 24.5 Å². The second-order valence-corrected chi connectivity index (χ2v) is 5.78. The van der Waals surface area contributed by atoms with Crippen molar-refractivity contribution in [1.29, 1.82) is 0 Å².